The molecule has 4 aromatic rings. The fourth-order valence-electron chi connectivity index (χ4n) is 4.75. The van der Waals surface area contributed by atoms with E-state index in [1.807, 2.05) is 36.4 Å². The number of hydrogen-bond acceptors (Lipinski definition) is 7. The number of nitrogens with zero attached hydrogens (tertiary/aromatic N) is 2. The van der Waals surface area contributed by atoms with E-state index < -0.39 is 37.2 Å². The summed E-state index contributed by atoms with van der Waals surface area (Å²) in [6.07, 6.45) is 2.82. The van der Waals surface area contributed by atoms with Crippen LogP contribution in [0, 0.1) is 10.1 Å². The van der Waals surface area contributed by atoms with Crippen LogP contribution in [-0.2, 0) is 22.9 Å². The van der Waals surface area contributed by atoms with Crippen molar-refractivity contribution in [3.63, 3.8) is 0 Å². The Bertz CT molecular complexity index is 1700. The van der Waals surface area contributed by atoms with Crippen molar-refractivity contribution >= 4 is 44.7 Å². The number of carboxylic acid groups (broad SMARTS) is 1. The van der Waals surface area contributed by atoms with E-state index in [4.69, 9.17) is 12.2 Å². The molecule has 1 aromatic heterocycles. The molecule has 0 amide bonds. The molecule has 13 heteroatoms. The van der Waals surface area contributed by atoms with Gasteiger partial charge in [-0.25, -0.2) is 17.2 Å². The number of rotatable bonds is 7. The van der Waals surface area contributed by atoms with E-state index in [0.29, 0.717) is 3.97 Å². The fourth-order valence-corrected chi connectivity index (χ4v) is 6.28. The van der Waals surface area contributed by atoms with Crippen LogP contribution in [0.3, 0.4) is 0 Å². The summed E-state index contributed by atoms with van der Waals surface area (Å²) in [4.78, 5) is 22.0. The van der Waals surface area contributed by atoms with Gasteiger partial charge in [-0.2, -0.15) is 0 Å². The number of carboxylic acids is 1. The summed E-state index contributed by atoms with van der Waals surface area (Å²) in [5, 5.41) is 24.6. The standard InChI is InChI=1S/C27H23N5O6S2/c33-26(34)23-10-5-15-31(23)40(37,38)19-13-14-22(24(16-19)32(35)36)29-30-27(39)28-25-20-8-3-1-6-17(20)11-12-18-7-2-4-9-21(18)25/h1-10,13-16,25,29H,11-12H2,(H,33,34)(H2,28,30,39). The minimum atomic E-state index is -4.41. The molecule has 0 atom stereocenters. The van der Waals surface area contributed by atoms with Crippen LogP contribution in [0.2, 0.25) is 0 Å². The summed E-state index contributed by atoms with van der Waals surface area (Å²) in [6.45, 7) is 0. The van der Waals surface area contributed by atoms with Crippen molar-refractivity contribution in [3.05, 3.63) is 123 Å². The lowest BCUT2D eigenvalue weighted by Gasteiger charge is -2.24. The predicted octanol–water partition coefficient (Wildman–Crippen LogP) is 4.01. The molecular formula is C27H23N5O6S2. The van der Waals surface area contributed by atoms with E-state index in [0.717, 1.165) is 48.4 Å². The average molecular weight is 578 g/mol. The second-order valence-corrected chi connectivity index (χ2v) is 11.2. The Morgan fingerprint density at radius 2 is 1.60 bits per heavy atom. The lowest BCUT2D eigenvalue weighted by atomic mass is 9.95. The highest BCUT2D eigenvalue weighted by Gasteiger charge is 2.27. The molecule has 0 fully saturated rings. The number of benzene rings is 3. The first-order valence-corrected chi connectivity index (χ1v) is 13.9. The van der Waals surface area contributed by atoms with Crippen LogP contribution < -0.4 is 16.2 Å². The molecule has 11 nitrogen and oxygen atoms in total. The number of aryl methyl sites for hydroxylation is 2. The maximum absolute atomic E-state index is 13.0. The molecule has 0 bridgehead atoms. The molecule has 4 N–H and O–H groups in total. The van der Waals surface area contributed by atoms with Crippen molar-refractivity contribution in [1.82, 2.24) is 14.7 Å². The number of nitro groups is 1. The highest BCUT2D eigenvalue weighted by atomic mass is 32.2. The van der Waals surface area contributed by atoms with Gasteiger partial charge in [0.05, 0.1) is 15.9 Å². The number of nitrogens with one attached hydrogen (secondary N) is 3. The second kappa shape index (κ2) is 10.8. The smallest absolute Gasteiger partial charge is 0.353 e. The van der Waals surface area contributed by atoms with Gasteiger partial charge in [0.25, 0.3) is 15.7 Å². The van der Waals surface area contributed by atoms with E-state index in [2.05, 4.69) is 28.3 Å². The van der Waals surface area contributed by atoms with E-state index in [-0.39, 0.29) is 16.8 Å². The molecule has 5 rings (SSSR count). The Labute approximate surface area is 234 Å². The van der Waals surface area contributed by atoms with Crippen LogP contribution in [0.25, 0.3) is 0 Å². The molecule has 3 aromatic carbocycles. The van der Waals surface area contributed by atoms with Crippen LogP contribution in [0.15, 0.2) is 90.0 Å². The zero-order chi connectivity index (χ0) is 28.4. The van der Waals surface area contributed by atoms with Crippen molar-refractivity contribution in [2.75, 3.05) is 5.43 Å². The molecule has 0 aliphatic heterocycles. The molecule has 0 spiro atoms. The molecule has 0 saturated carbocycles. The monoisotopic (exact) mass is 577 g/mol. The number of hydrazine groups is 1. The van der Waals surface area contributed by atoms with Crippen LogP contribution >= 0.6 is 12.2 Å². The highest BCUT2D eigenvalue weighted by molar-refractivity contribution is 7.90. The van der Waals surface area contributed by atoms with Crippen LogP contribution in [0.1, 0.15) is 38.8 Å². The quantitative estimate of drug-likeness (QED) is 0.144. The molecule has 0 unspecified atom stereocenters. The zero-order valence-corrected chi connectivity index (χ0v) is 22.4. The number of hydrogen-bond donors (Lipinski definition) is 4. The number of thiocarbonyl (C=S) groups is 1. The van der Waals surface area contributed by atoms with Gasteiger partial charge in [0.2, 0.25) is 0 Å². The van der Waals surface area contributed by atoms with Crippen molar-refractivity contribution in [2.24, 2.45) is 0 Å². The number of carbonyl (C=O) groups is 1. The van der Waals surface area contributed by atoms with Crippen molar-refractivity contribution < 1.29 is 23.2 Å². The van der Waals surface area contributed by atoms with Gasteiger partial charge in [-0.15, -0.1) is 0 Å². The maximum atomic E-state index is 13.0. The molecule has 1 aliphatic carbocycles. The Balaban J connectivity index is 1.38. The normalized spacial score (nSPS) is 12.9. The molecular weight excluding hydrogens is 554 g/mol. The van der Waals surface area contributed by atoms with E-state index in [1.165, 1.54) is 23.3 Å². The van der Waals surface area contributed by atoms with Crippen LogP contribution in [-0.4, -0.2) is 33.5 Å². The lowest BCUT2D eigenvalue weighted by molar-refractivity contribution is -0.384. The number of aromatic carboxylic acids is 1. The van der Waals surface area contributed by atoms with Crippen molar-refractivity contribution in [2.45, 2.75) is 23.8 Å². The van der Waals surface area contributed by atoms with Crippen LogP contribution in [0.4, 0.5) is 11.4 Å². The Morgan fingerprint density at radius 3 is 2.20 bits per heavy atom. The topological polar surface area (TPSA) is 156 Å². The first-order valence-electron chi connectivity index (χ1n) is 12.1. The fraction of sp³-hybridized carbons (Fsp3) is 0.111. The summed E-state index contributed by atoms with van der Waals surface area (Å²) < 4.78 is 26.6. The van der Waals surface area contributed by atoms with Gasteiger partial charge < -0.3 is 10.4 Å². The van der Waals surface area contributed by atoms with E-state index >= 15 is 0 Å². The molecule has 1 aliphatic rings. The molecule has 40 heavy (non-hydrogen) atoms. The lowest BCUT2D eigenvalue weighted by Crippen LogP contribution is -2.41. The van der Waals surface area contributed by atoms with Gasteiger partial charge in [-0.3, -0.25) is 21.0 Å². The average Bonchev–Trinajstić information content (AvgIpc) is 3.40. The Morgan fingerprint density at radius 1 is 0.975 bits per heavy atom. The number of nitro benzene ring substituents is 1. The Hall–Kier alpha value is -4.75. The van der Waals surface area contributed by atoms with E-state index in [9.17, 15) is 28.4 Å². The summed E-state index contributed by atoms with van der Waals surface area (Å²) in [7, 11) is -4.41. The second-order valence-electron chi connectivity index (χ2n) is 8.99. The molecule has 1 heterocycles. The SMILES string of the molecule is O=C(O)c1cccn1S(=O)(=O)c1ccc(NNC(=S)NC2c3ccccc3CCc3ccccc32)c([N+](=O)[O-])c1. The number of anilines is 1. The zero-order valence-electron chi connectivity index (χ0n) is 20.8. The van der Waals surface area contributed by atoms with E-state index in [1.54, 1.807) is 0 Å². The van der Waals surface area contributed by atoms with Gasteiger partial charge in [-0.05, 0) is 71.6 Å². The Kier molecular flexibility index (Phi) is 7.24. The third-order valence-electron chi connectivity index (χ3n) is 6.64. The number of fused-ring (bicyclic) bond motifs is 2. The molecule has 204 valence electrons. The summed E-state index contributed by atoms with van der Waals surface area (Å²) >= 11 is 5.51. The minimum absolute atomic E-state index is 0.0410. The highest BCUT2D eigenvalue weighted by Crippen LogP contribution is 2.33. The first kappa shape index (κ1) is 26.8. The summed E-state index contributed by atoms with van der Waals surface area (Å²) in [5.74, 6) is -1.45. The van der Waals surface area contributed by atoms with Crippen molar-refractivity contribution in [3.8, 4) is 0 Å². The predicted molar refractivity (Wildman–Crippen MR) is 152 cm³/mol. The maximum Gasteiger partial charge on any atom is 0.353 e. The largest absolute Gasteiger partial charge is 0.477 e. The third kappa shape index (κ3) is 5.11. The first-order chi connectivity index (χ1) is 19.2. The van der Waals surface area contributed by atoms with Gasteiger partial charge in [0.15, 0.2) is 5.11 Å². The third-order valence-corrected chi connectivity index (χ3v) is 8.54. The minimum Gasteiger partial charge on any atom is -0.477 e. The van der Waals surface area contributed by atoms with Gasteiger partial charge in [0, 0.05) is 12.3 Å². The summed E-state index contributed by atoms with van der Waals surface area (Å²) in [6, 6.07) is 21.5. The van der Waals surface area contributed by atoms with Gasteiger partial charge in [0.1, 0.15) is 11.4 Å². The molecule has 0 saturated heterocycles. The molecule has 0 radical (unpaired) electrons. The van der Waals surface area contributed by atoms with Crippen LogP contribution in [0.5, 0.6) is 0 Å². The van der Waals surface area contributed by atoms with Gasteiger partial charge in [-0.1, -0.05) is 48.5 Å². The number of aromatic nitrogens is 1. The van der Waals surface area contributed by atoms with Gasteiger partial charge >= 0.3 is 5.97 Å². The summed E-state index contributed by atoms with van der Waals surface area (Å²) in [5.41, 5.74) is 8.90. The van der Waals surface area contributed by atoms with Crippen molar-refractivity contribution in [1.29, 1.82) is 0 Å².